The SMILES string of the molecule is CCCC[C@H](NC(=O)C(C)(NC(=O)OCC1c2ccccc2-c2ccccc21)C1CC1)C(=O)O. The Balaban J connectivity index is 1.43. The first-order valence-corrected chi connectivity index (χ1v) is 12.0. The summed E-state index contributed by atoms with van der Waals surface area (Å²) in [5.74, 6) is -1.67. The number of hydrogen-bond donors (Lipinski definition) is 3. The normalized spacial score (nSPS) is 17.1. The maximum atomic E-state index is 13.1. The summed E-state index contributed by atoms with van der Waals surface area (Å²) < 4.78 is 5.63. The van der Waals surface area contributed by atoms with Gasteiger partial charge in [-0.1, -0.05) is 68.3 Å². The first kappa shape index (κ1) is 23.8. The lowest BCUT2D eigenvalue weighted by molar-refractivity contribution is -0.143. The number of unbranched alkanes of at least 4 members (excludes halogenated alkanes) is 1. The zero-order chi connectivity index (χ0) is 24.3. The van der Waals surface area contributed by atoms with Crippen LogP contribution in [0.15, 0.2) is 48.5 Å². The summed E-state index contributed by atoms with van der Waals surface area (Å²) in [4.78, 5) is 37.5. The number of fused-ring (bicyclic) bond motifs is 3. The van der Waals surface area contributed by atoms with Gasteiger partial charge in [-0.2, -0.15) is 0 Å². The largest absolute Gasteiger partial charge is 0.480 e. The molecule has 0 aromatic heterocycles. The molecule has 4 rings (SSSR count). The van der Waals surface area contributed by atoms with E-state index in [0.29, 0.717) is 12.8 Å². The average Bonchev–Trinajstić information content (AvgIpc) is 3.64. The number of ether oxygens (including phenoxy) is 1. The number of alkyl carbamates (subject to hydrolysis) is 1. The molecular formula is C27H32N2O5. The van der Waals surface area contributed by atoms with Crippen molar-refractivity contribution in [3.05, 3.63) is 59.7 Å². The fraction of sp³-hybridized carbons (Fsp3) is 0.444. The molecule has 2 aromatic carbocycles. The predicted octanol–water partition coefficient (Wildman–Crippen LogP) is 4.45. The van der Waals surface area contributed by atoms with Crippen molar-refractivity contribution in [2.75, 3.05) is 6.61 Å². The first-order valence-electron chi connectivity index (χ1n) is 12.0. The second-order valence-corrected chi connectivity index (χ2v) is 9.43. The summed E-state index contributed by atoms with van der Waals surface area (Å²) in [6.45, 7) is 3.77. The van der Waals surface area contributed by atoms with E-state index in [1.165, 1.54) is 0 Å². The summed E-state index contributed by atoms with van der Waals surface area (Å²) in [5, 5.41) is 14.9. The highest BCUT2D eigenvalue weighted by atomic mass is 16.5. The van der Waals surface area contributed by atoms with E-state index in [1.54, 1.807) is 6.92 Å². The van der Waals surface area contributed by atoms with Gasteiger partial charge < -0.3 is 20.5 Å². The Labute approximate surface area is 199 Å². The number of aliphatic carboxylic acids is 1. The highest BCUT2D eigenvalue weighted by Gasteiger charge is 2.49. The molecule has 7 nitrogen and oxygen atoms in total. The van der Waals surface area contributed by atoms with Crippen LogP contribution in [0, 0.1) is 5.92 Å². The van der Waals surface area contributed by atoms with Crippen molar-refractivity contribution in [1.29, 1.82) is 0 Å². The fourth-order valence-corrected chi connectivity index (χ4v) is 4.83. The topological polar surface area (TPSA) is 105 Å². The number of carbonyl (C=O) groups excluding carboxylic acids is 2. The van der Waals surface area contributed by atoms with Gasteiger partial charge in [-0.3, -0.25) is 4.79 Å². The third kappa shape index (κ3) is 4.79. The molecule has 0 saturated heterocycles. The smallest absolute Gasteiger partial charge is 0.408 e. The Kier molecular flexibility index (Phi) is 6.91. The van der Waals surface area contributed by atoms with Gasteiger partial charge in [0, 0.05) is 5.92 Å². The second kappa shape index (κ2) is 9.87. The predicted molar refractivity (Wildman–Crippen MR) is 128 cm³/mol. The molecule has 0 aliphatic heterocycles. The van der Waals surface area contributed by atoms with Gasteiger partial charge in [-0.25, -0.2) is 9.59 Å². The van der Waals surface area contributed by atoms with Crippen LogP contribution in [0.25, 0.3) is 11.1 Å². The summed E-state index contributed by atoms with van der Waals surface area (Å²) in [6.07, 6.45) is 2.78. The molecular weight excluding hydrogens is 432 g/mol. The Bertz CT molecular complexity index is 1030. The van der Waals surface area contributed by atoms with Gasteiger partial charge in [-0.05, 0) is 54.4 Å². The van der Waals surface area contributed by atoms with E-state index in [-0.39, 0.29) is 18.4 Å². The van der Waals surface area contributed by atoms with Gasteiger partial charge in [0.2, 0.25) is 5.91 Å². The lowest BCUT2D eigenvalue weighted by Gasteiger charge is -2.31. The minimum absolute atomic E-state index is 0.0476. The van der Waals surface area contributed by atoms with Crippen LogP contribution in [-0.2, 0) is 14.3 Å². The maximum Gasteiger partial charge on any atom is 0.408 e. The van der Waals surface area contributed by atoms with E-state index in [2.05, 4.69) is 22.8 Å². The molecule has 3 N–H and O–H groups in total. The van der Waals surface area contributed by atoms with Crippen LogP contribution in [0.3, 0.4) is 0 Å². The number of carboxylic acids is 1. The Morgan fingerprint density at radius 3 is 2.18 bits per heavy atom. The molecule has 2 amide bonds. The van der Waals surface area contributed by atoms with Crippen molar-refractivity contribution in [3.8, 4) is 11.1 Å². The van der Waals surface area contributed by atoms with Crippen molar-refractivity contribution in [1.82, 2.24) is 10.6 Å². The molecule has 7 heteroatoms. The minimum Gasteiger partial charge on any atom is -0.480 e. The standard InChI is InChI=1S/C27H32N2O5/c1-3-4-13-23(24(30)31)28-25(32)27(2,17-14-15-17)29-26(33)34-16-22-20-11-7-5-9-18(20)19-10-6-8-12-21(19)22/h5-12,17,22-23H,3-4,13-16H2,1-2H3,(H,28,32)(H,29,33)(H,30,31)/t23-,27?/m0/s1. The molecule has 2 aromatic rings. The van der Waals surface area contributed by atoms with E-state index in [4.69, 9.17) is 4.74 Å². The van der Waals surface area contributed by atoms with Crippen LogP contribution in [0.2, 0.25) is 0 Å². The number of hydrogen-bond acceptors (Lipinski definition) is 4. The zero-order valence-electron chi connectivity index (χ0n) is 19.7. The first-order chi connectivity index (χ1) is 16.3. The quantitative estimate of drug-likeness (QED) is 0.482. The summed E-state index contributed by atoms with van der Waals surface area (Å²) in [5.41, 5.74) is 3.28. The molecule has 0 radical (unpaired) electrons. The summed E-state index contributed by atoms with van der Waals surface area (Å²) in [7, 11) is 0. The fourth-order valence-electron chi connectivity index (χ4n) is 4.83. The molecule has 0 heterocycles. The van der Waals surface area contributed by atoms with Crippen LogP contribution in [0.5, 0.6) is 0 Å². The molecule has 1 fully saturated rings. The van der Waals surface area contributed by atoms with Gasteiger partial charge >= 0.3 is 12.1 Å². The van der Waals surface area contributed by atoms with Crippen LogP contribution >= 0.6 is 0 Å². The molecule has 1 saturated carbocycles. The van der Waals surface area contributed by atoms with E-state index in [1.807, 2.05) is 43.3 Å². The van der Waals surface area contributed by atoms with Crippen LogP contribution in [0.4, 0.5) is 4.79 Å². The highest BCUT2D eigenvalue weighted by molar-refractivity contribution is 5.93. The van der Waals surface area contributed by atoms with Gasteiger partial charge in [0.15, 0.2) is 0 Å². The maximum absolute atomic E-state index is 13.1. The molecule has 0 bridgehead atoms. The number of benzene rings is 2. The van der Waals surface area contributed by atoms with Crippen molar-refractivity contribution < 1.29 is 24.2 Å². The average molecular weight is 465 g/mol. The molecule has 0 spiro atoms. The minimum atomic E-state index is -1.22. The van der Waals surface area contributed by atoms with Gasteiger partial charge in [0.1, 0.15) is 18.2 Å². The number of carbonyl (C=O) groups is 3. The Morgan fingerprint density at radius 2 is 1.65 bits per heavy atom. The van der Waals surface area contributed by atoms with E-state index in [9.17, 15) is 19.5 Å². The van der Waals surface area contributed by atoms with Gasteiger partial charge in [0.05, 0.1) is 0 Å². The second-order valence-electron chi connectivity index (χ2n) is 9.43. The van der Waals surface area contributed by atoms with Crippen molar-refractivity contribution in [2.45, 2.75) is 63.5 Å². The monoisotopic (exact) mass is 464 g/mol. The molecule has 34 heavy (non-hydrogen) atoms. The summed E-state index contributed by atoms with van der Waals surface area (Å²) >= 11 is 0. The summed E-state index contributed by atoms with van der Waals surface area (Å²) in [6, 6.07) is 15.2. The lowest BCUT2D eigenvalue weighted by Crippen LogP contribution is -2.61. The number of rotatable bonds is 10. The van der Waals surface area contributed by atoms with E-state index >= 15 is 0 Å². The highest BCUT2D eigenvalue weighted by Crippen LogP contribution is 2.44. The van der Waals surface area contributed by atoms with E-state index < -0.39 is 29.6 Å². The number of carboxylic acid groups (broad SMARTS) is 1. The molecule has 180 valence electrons. The molecule has 2 aliphatic carbocycles. The van der Waals surface area contributed by atoms with Crippen LogP contribution in [-0.4, -0.2) is 41.3 Å². The van der Waals surface area contributed by atoms with Gasteiger partial charge in [0.25, 0.3) is 0 Å². The van der Waals surface area contributed by atoms with Crippen molar-refractivity contribution >= 4 is 18.0 Å². The zero-order valence-corrected chi connectivity index (χ0v) is 19.7. The van der Waals surface area contributed by atoms with Crippen molar-refractivity contribution in [2.24, 2.45) is 5.92 Å². The van der Waals surface area contributed by atoms with Crippen LogP contribution in [0.1, 0.15) is 63.0 Å². The molecule has 2 aliphatic rings. The Morgan fingerprint density at radius 1 is 1.06 bits per heavy atom. The lowest BCUT2D eigenvalue weighted by atomic mass is 9.94. The third-order valence-corrected chi connectivity index (χ3v) is 7.02. The van der Waals surface area contributed by atoms with E-state index in [0.717, 1.165) is 41.5 Å². The number of amides is 2. The molecule has 2 atom stereocenters. The Hall–Kier alpha value is -3.35. The third-order valence-electron chi connectivity index (χ3n) is 7.02. The number of nitrogens with one attached hydrogen (secondary N) is 2. The van der Waals surface area contributed by atoms with Gasteiger partial charge in [-0.15, -0.1) is 0 Å². The molecule has 1 unspecified atom stereocenters. The van der Waals surface area contributed by atoms with Crippen LogP contribution < -0.4 is 10.6 Å². The van der Waals surface area contributed by atoms with Crippen molar-refractivity contribution in [3.63, 3.8) is 0 Å².